The van der Waals surface area contributed by atoms with Crippen LogP contribution < -0.4 is 0 Å². The largest absolute Gasteiger partial charge is 0.417 e. The number of aryl methyl sites for hydroxylation is 1. The van der Waals surface area contributed by atoms with Crippen LogP contribution in [0.4, 0.5) is 18.9 Å². The van der Waals surface area contributed by atoms with Gasteiger partial charge in [-0.1, -0.05) is 18.2 Å². The maximum atomic E-state index is 13.4. The molecule has 3 rings (SSSR count). The number of likely N-dealkylation sites (tertiary alicyclic amines) is 1. The van der Waals surface area contributed by atoms with Gasteiger partial charge in [0.2, 0.25) is 0 Å². The minimum atomic E-state index is -4.82. The molecule has 1 amide bonds. The van der Waals surface area contributed by atoms with E-state index in [0.717, 1.165) is 22.8 Å². The van der Waals surface area contributed by atoms with Gasteiger partial charge in [0.15, 0.2) is 0 Å². The first-order chi connectivity index (χ1) is 13.9. The summed E-state index contributed by atoms with van der Waals surface area (Å²) in [5.41, 5.74) is -1.08. The van der Waals surface area contributed by atoms with Crippen molar-refractivity contribution in [2.45, 2.75) is 38.5 Å². The first kappa shape index (κ1) is 21.8. The van der Waals surface area contributed by atoms with Crippen LogP contribution in [0, 0.1) is 24.0 Å². The second-order valence-corrected chi connectivity index (χ2v) is 7.56. The average molecular weight is 422 g/mol. The summed E-state index contributed by atoms with van der Waals surface area (Å²) in [4.78, 5) is 24.2. The predicted octanol–water partition coefficient (Wildman–Crippen LogP) is 4.35. The number of nitro benzene ring substituents is 1. The van der Waals surface area contributed by atoms with Crippen molar-refractivity contribution in [1.29, 1.82) is 0 Å². The number of halogens is 3. The van der Waals surface area contributed by atoms with Crippen LogP contribution in [0.15, 0.2) is 36.4 Å². The SMILES string of the molecule is Cc1cccc(C2(O)CCN(C(=O)c3cc([N+](=O)[O-])ccc3C(F)(F)F)CC2)c1C. The molecule has 1 aliphatic heterocycles. The van der Waals surface area contributed by atoms with E-state index < -0.39 is 39.4 Å². The highest BCUT2D eigenvalue weighted by atomic mass is 19.4. The van der Waals surface area contributed by atoms with Crippen molar-refractivity contribution < 1.29 is 28.0 Å². The van der Waals surface area contributed by atoms with E-state index in [2.05, 4.69) is 0 Å². The van der Waals surface area contributed by atoms with Crippen molar-refractivity contribution in [3.63, 3.8) is 0 Å². The number of aliphatic hydroxyl groups is 1. The molecule has 30 heavy (non-hydrogen) atoms. The van der Waals surface area contributed by atoms with Gasteiger partial charge in [-0.15, -0.1) is 0 Å². The number of rotatable bonds is 3. The highest BCUT2D eigenvalue weighted by molar-refractivity contribution is 5.96. The van der Waals surface area contributed by atoms with E-state index in [4.69, 9.17) is 0 Å². The second kappa shape index (κ2) is 7.71. The van der Waals surface area contributed by atoms with Crippen LogP contribution in [0.3, 0.4) is 0 Å². The first-order valence-corrected chi connectivity index (χ1v) is 9.38. The second-order valence-electron chi connectivity index (χ2n) is 7.56. The molecule has 6 nitrogen and oxygen atoms in total. The number of carbonyl (C=O) groups is 1. The van der Waals surface area contributed by atoms with E-state index in [0.29, 0.717) is 12.1 Å². The Morgan fingerprint density at radius 1 is 1.17 bits per heavy atom. The van der Waals surface area contributed by atoms with Crippen molar-refractivity contribution in [2.24, 2.45) is 0 Å². The Bertz CT molecular complexity index is 996. The molecule has 2 aromatic carbocycles. The van der Waals surface area contributed by atoms with Gasteiger partial charge in [0, 0.05) is 25.2 Å². The van der Waals surface area contributed by atoms with Gasteiger partial charge < -0.3 is 10.0 Å². The van der Waals surface area contributed by atoms with Crippen LogP contribution in [-0.2, 0) is 11.8 Å². The third-order valence-electron chi connectivity index (χ3n) is 5.73. The number of hydrogen-bond donors (Lipinski definition) is 1. The number of nitrogens with zero attached hydrogens (tertiary/aromatic N) is 2. The molecule has 0 aliphatic carbocycles. The maximum Gasteiger partial charge on any atom is 0.417 e. The van der Waals surface area contributed by atoms with Crippen molar-refractivity contribution in [3.05, 3.63) is 74.3 Å². The Morgan fingerprint density at radius 2 is 1.80 bits per heavy atom. The summed E-state index contributed by atoms with van der Waals surface area (Å²) in [6.07, 6.45) is -4.52. The molecule has 9 heteroatoms. The lowest BCUT2D eigenvalue weighted by atomic mass is 9.81. The number of nitro groups is 1. The molecule has 0 bridgehead atoms. The lowest BCUT2D eigenvalue weighted by molar-refractivity contribution is -0.384. The molecule has 2 aromatic rings. The molecular formula is C21H21F3N2O4. The molecule has 1 fully saturated rings. The van der Waals surface area contributed by atoms with E-state index in [1.54, 1.807) is 0 Å². The number of piperidine rings is 1. The fraction of sp³-hybridized carbons (Fsp3) is 0.381. The summed E-state index contributed by atoms with van der Waals surface area (Å²) >= 11 is 0. The lowest BCUT2D eigenvalue weighted by Gasteiger charge is -2.39. The zero-order valence-electron chi connectivity index (χ0n) is 16.5. The molecule has 0 radical (unpaired) electrons. The minimum Gasteiger partial charge on any atom is -0.385 e. The Balaban J connectivity index is 1.87. The molecule has 0 atom stereocenters. The van der Waals surface area contributed by atoms with E-state index in [-0.39, 0.29) is 25.9 Å². The van der Waals surface area contributed by atoms with Crippen LogP contribution in [0.5, 0.6) is 0 Å². The molecule has 160 valence electrons. The predicted molar refractivity (Wildman–Crippen MR) is 103 cm³/mol. The van der Waals surface area contributed by atoms with Crippen molar-refractivity contribution in [3.8, 4) is 0 Å². The topological polar surface area (TPSA) is 83.7 Å². The monoisotopic (exact) mass is 422 g/mol. The number of amides is 1. The molecule has 1 aliphatic rings. The van der Waals surface area contributed by atoms with Gasteiger partial charge in [-0.3, -0.25) is 14.9 Å². The molecule has 0 spiro atoms. The number of carbonyl (C=O) groups excluding carboxylic acids is 1. The van der Waals surface area contributed by atoms with E-state index >= 15 is 0 Å². The van der Waals surface area contributed by atoms with Gasteiger partial charge in [0.05, 0.1) is 21.7 Å². The van der Waals surface area contributed by atoms with Crippen molar-refractivity contribution >= 4 is 11.6 Å². The minimum absolute atomic E-state index is 0.0305. The van der Waals surface area contributed by atoms with Crippen molar-refractivity contribution in [2.75, 3.05) is 13.1 Å². The molecule has 0 unspecified atom stereocenters. The van der Waals surface area contributed by atoms with Crippen molar-refractivity contribution in [1.82, 2.24) is 4.90 Å². The molecule has 1 saturated heterocycles. The Hall–Kier alpha value is -2.94. The smallest absolute Gasteiger partial charge is 0.385 e. The quantitative estimate of drug-likeness (QED) is 0.589. The molecular weight excluding hydrogens is 401 g/mol. The van der Waals surface area contributed by atoms with Gasteiger partial charge in [0.25, 0.3) is 11.6 Å². The van der Waals surface area contributed by atoms with Crippen LogP contribution in [0.2, 0.25) is 0 Å². The Kier molecular flexibility index (Phi) is 5.60. The Labute approximate surface area is 171 Å². The summed E-state index contributed by atoms with van der Waals surface area (Å²) in [5.74, 6) is -0.936. The summed E-state index contributed by atoms with van der Waals surface area (Å²) < 4.78 is 40.1. The Morgan fingerprint density at radius 3 is 2.37 bits per heavy atom. The molecule has 0 saturated carbocycles. The van der Waals surface area contributed by atoms with E-state index in [1.165, 1.54) is 4.90 Å². The zero-order valence-corrected chi connectivity index (χ0v) is 16.5. The first-order valence-electron chi connectivity index (χ1n) is 9.38. The fourth-order valence-corrected chi connectivity index (χ4v) is 3.84. The van der Waals surface area contributed by atoms with E-state index in [1.807, 2.05) is 32.0 Å². The normalized spacial score (nSPS) is 16.4. The van der Waals surface area contributed by atoms with Crippen LogP contribution in [0.1, 0.15) is 45.5 Å². The number of hydrogen-bond acceptors (Lipinski definition) is 4. The third kappa shape index (κ3) is 4.02. The summed E-state index contributed by atoms with van der Waals surface area (Å²) in [5, 5.41) is 22.1. The van der Waals surface area contributed by atoms with Gasteiger partial charge >= 0.3 is 6.18 Å². The van der Waals surface area contributed by atoms with Gasteiger partial charge in [0.1, 0.15) is 0 Å². The van der Waals surface area contributed by atoms with Gasteiger partial charge in [-0.05, 0) is 49.4 Å². The highest BCUT2D eigenvalue weighted by Gasteiger charge is 2.40. The molecule has 1 heterocycles. The number of alkyl halides is 3. The summed E-state index contributed by atoms with van der Waals surface area (Å²) in [6, 6.07) is 7.50. The molecule has 0 aromatic heterocycles. The maximum absolute atomic E-state index is 13.4. The summed E-state index contributed by atoms with van der Waals surface area (Å²) in [6.45, 7) is 3.87. The van der Waals surface area contributed by atoms with Gasteiger partial charge in [-0.25, -0.2) is 0 Å². The third-order valence-corrected chi connectivity index (χ3v) is 5.73. The molecule has 1 N–H and O–H groups in total. The average Bonchev–Trinajstić information content (AvgIpc) is 2.68. The van der Waals surface area contributed by atoms with Gasteiger partial charge in [-0.2, -0.15) is 13.2 Å². The van der Waals surface area contributed by atoms with Crippen LogP contribution in [0.25, 0.3) is 0 Å². The summed E-state index contributed by atoms with van der Waals surface area (Å²) in [7, 11) is 0. The number of benzene rings is 2. The van der Waals surface area contributed by atoms with Crippen LogP contribution in [-0.4, -0.2) is 33.9 Å². The van der Waals surface area contributed by atoms with E-state index in [9.17, 15) is 33.2 Å². The number of non-ortho nitro benzene ring substituents is 1. The fourth-order valence-electron chi connectivity index (χ4n) is 3.84. The lowest BCUT2D eigenvalue weighted by Crippen LogP contribution is -2.45. The zero-order chi connectivity index (χ0) is 22.3. The van der Waals surface area contributed by atoms with Crippen LogP contribution >= 0.6 is 0 Å². The standard InChI is InChI=1S/C21H21F3N2O4/c1-13-4-3-5-17(14(13)2)20(28)8-10-25(11-9-20)19(27)16-12-15(26(29)30)6-7-18(16)21(22,23)24/h3-7,12,28H,8-11H2,1-2H3. The highest BCUT2D eigenvalue weighted by Crippen LogP contribution is 2.38.